The molecule has 29 heavy (non-hydrogen) atoms. The molecule has 1 aliphatic heterocycles. The summed E-state index contributed by atoms with van der Waals surface area (Å²) in [5.74, 6) is 3.65. The van der Waals surface area contributed by atoms with Gasteiger partial charge in [-0.15, -0.1) is 0 Å². The molecule has 1 aliphatic rings. The Hall–Kier alpha value is -4.06. The monoisotopic (exact) mass is 391 g/mol. The summed E-state index contributed by atoms with van der Waals surface area (Å²) < 4.78 is 0. The number of imide groups is 1. The first kappa shape index (κ1) is 19.7. The van der Waals surface area contributed by atoms with Crippen LogP contribution in [-0.4, -0.2) is 39.6 Å². The number of nitrogens with zero attached hydrogens (tertiary/aromatic N) is 2. The number of piperidine rings is 1. The number of carbonyl (C=O) groups is 4. The fourth-order valence-corrected chi connectivity index (χ4v) is 2.73. The lowest BCUT2D eigenvalue weighted by molar-refractivity contribution is -0.134. The molecule has 146 valence electrons. The van der Waals surface area contributed by atoms with Crippen molar-refractivity contribution >= 4 is 23.6 Å². The van der Waals surface area contributed by atoms with E-state index in [-0.39, 0.29) is 36.6 Å². The molecule has 9 nitrogen and oxygen atoms in total. The minimum absolute atomic E-state index is 0.0979. The molecule has 1 atom stereocenters. The van der Waals surface area contributed by atoms with Crippen molar-refractivity contribution in [3.05, 3.63) is 59.2 Å². The SMILES string of the molecule is NC(=O)c1ncccc1CC#Cc1cccc(C(=O)NC2CCC(=O)NC2=O)n1. The van der Waals surface area contributed by atoms with Gasteiger partial charge in [0, 0.05) is 19.0 Å². The number of pyridine rings is 2. The third kappa shape index (κ3) is 5.01. The Morgan fingerprint density at radius 3 is 2.83 bits per heavy atom. The van der Waals surface area contributed by atoms with Crippen molar-refractivity contribution in [2.75, 3.05) is 0 Å². The van der Waals surface area contributed by atoms with Gasteiger partial charge in [-0.1, -0.05) is 18.1 Å². The molecular weight excluding hydrogens is 374 g/mol. The first-order chi connectivity index (χ1) is 13.9. The molecule has 0 aromatic carbocycles. The minimum atomic E-state index is -0.783. The van der Waals surface area contributed by atoms with Crippen LogP contribution in [0.3, 0.4) is 0 Å². The van der Waals surface area contributed by atoms with E-state index in [1.54, 1.807) is 24.3 Å². The van der Waals surface area contributed by atoms with Crippen LogP contribution in [0, 0.1) is 11.8 Å². The zero-order valence-corrected chi connectivity index (χ0v) is 15.3. The number of rotatable bonds is 4. The molecule has 0 saturated carbocycles. The topological polar surface area (TPSA) is 144 Å². The van der Waals surface area contributed by atoms with E-state index in [0.717, 1.165) is 0 Å². The van der Waals surface area contributed by atoms with Crippen LogP contribution in [0.25, 0.3) is 0 Å². The Morgan fingerprint density at radius 1 is 1.24 bits per heavy atom. The lowest BCUT2D eigenvalue weighted by Crippen LogP contribution is -2.52. The van der Waals surface area contributed by atoms with E-state index in [4.69, 9.17) is 5.73 Å². The highest BCUT2D eigenvalue weighted by atomic mass is 16.2. The molecule has 0 bridgehead atoms. The van der Waals surface area contributed by atoms with Crippen molar-refractivity contribution in [3.63, 3.8) is 0 Å². The Kier molecular flexibility index (Phi) is 5.94. The maximum Gasteiger partial charge on any atom is 0.270 e. The first-order valence-corrected chi connectivity index (χ1v) is 8.78. The van der Waals surface area contributed by atoms with Crippen molar-refractivity contribution in [3.8, 4) is 11.8 Å². The molecule has 4 amide bonds. The summed E-state index contributed by atoms with van der Waals surface area (Å²) in [6, 6.07) is 7.36. The van der Waals surface area contributed by atoms with E-state index in [0.29, 0.717) is 11.3 Å². The molecule has 0 spiro atoms. The number of amides is 4. The normalized spacial score (nSPS) is 15.7. The van der Waals surface area contributed by atoms with Gasteiger partial charge in [-0.2, -0.15) is 0 Å². The van der Waals surface area contributed by atoms with Crippen LogP contribution in [0.15, 0.2) is 36.5 Å². The van der Waals surface area contributed by atoms with E-state index in [1.807, 2.05) is 0 Å². The van der Waals surface area contributed by atoms with Gasteiger partial charge in [0.25, 0.3) is 11.8 Å². The summed E-state index contributed by atoms with van der Waals surface area (Å²) in [5, 5.41) is 4.74. The van der Waals surface area contributed by atoms with Crippen LogP contribution in [0.4, 0.5) is 0 Å². The Balaban J connectivity index is 1.68. The quantitative estimate of drug-likeness (QED) is 0.482. The molecule has 1 saturated heterocycles. The second-order valence-corrected chi connectivity index (χ2v) is 6.24. The summed E-state index contributed by atoms with van der Waals surface area (Å²) in [6.45, 7) is 0. The van der Waals surface area contributed by atoms with Crippen molar-refractivity contribution in [1.82, 2.24) is 20.6 Å². The fourth-order valence-electron chi connectivity index (χ4n) is 2.73. The second-order valence-electron chi connectivity index (χ2n) is 6.24. The van der Waals surface area contributed by atoms with Gasteiger partial charge in [-0.3, -0.25) is 29.5 Å². The van der Waals surface area contributed by atoms with Gasteiger partial charge in [-0.05, 0) is 36.1 Å². The average molecular weight is 391 g/mol. The maximum absolute atomic E-state index is 12.4. The predicted octanol–water partition coefficient (Wildman–Crippen LogP) is -0.295. The highest BCUT2D eigenvalue weighted by molar-refractivity contribution is 6.03. The van der Waals surface area contributed by atoms with Crippen LogP contribution in [0.5, 0.6) is 0 Å². The van der Waals surface area contributed by atoms with E-state index < -0.39 is 23.8 Å². The molecule has 0 radical (unpaired) electrons. The smallest absolute Gasteiger partial charge is 0.270 e. The zero-order chi connectivity index (χ0) is 20.8. The van der Waals surface area contributed by atoms with Crippen molar-refractivity contribution in [1.29, 1.82) is 0 Å². The standard InChI is InChI=1S/C20H17N5O4/c21-18(27)17-12(5-3-11-22-17)4-1-6-13-7-2-8-14(23-13)19(28)24-15-9-10-16(26)25-20(15)29/h2-3,5,7-8,11,15H,4,9-10H2,(H2,21,27)(H,24,28)(H,25,26,29). The number of nitrogens with one attached hydrogen (secondary N) is 2. The van der Waals surface area contributed by atoms with Gasteiger partial charge in [0.15, 0.2) is 0 Å². The lowest BCUT2D eigenvalue weighted by atomic mass is 10.1. The van der Waals surface area contributed by atoms with Gasteiger partial charge in [0.05, 0.1) is 0 Å². The van der Waals surface area contributed by atoms with Crippen LogP contribution < -0.4 is 16.4 Å². The molecule has 2 aromatic heterocycles. The van der Waals surface area contributed by atoms with Gasteiger partial charge < -0.3 is 11.1 Å². The molecular formula is C20H17N5O4. The largest absolute Gasteiger partial charge is 0.364 e. The number of primary amides is 1. The van der Waals surface area contributed by atoms with Crippen LogP contribution >= 0.6 is 0 Å². The highest BCUT2D eigenvalue weighted by Gasteiger charge is 2.28. The molecule has 1 fully saturated rings. The lowest BCUT2D eigenvalue weighted by Gasteiger charge is -2.21. The van der Waals surface area contributed by atoms with Crippen LogP contribution in [0.1, 0.15) is 45.1 Å². The van der Waals surface area contributed by atoms with E-state index in [1.165, 1.54) is 12.3 Å². The van der Waals surface area contributed by atoms with Crippen LogP contribution in [0.2, 0.25) is 0 Å². The average Bonchev–Trinajstić information content (AvgIpc) is 2.70. The molecule has 4 N–H and O–H groups in total. The summed E-state index contributed by atoms with van der Waals surface area (Å²) in [7, 11) is 0. The van der Waals surface area contributed by atoms with E-state index >= 15 is 0 Å². The summed E-state index contributed by atoms with van der Waals surface area (Å²) in [5.41, 5.74) is 6.50. The zero-order valence-electron chi connectivity index (χ0n) is 15.3. The third-order valence-electron chi connectivity index (χ3n) is 4.15. The van der Waals surface area contributed by atoms with Crippen LogP contribution in [-0.2, 0) is 16.0 Å². The van der Waals surface area contributed by atoms with E-state index in [2.05, 4.69) is 32.4 Å². The van der Waals surface area contributed by atoms with Crippen molar-refractivity contribution in [2.24, 2.45) is 5.73 Å². The predicted molar refractivity (Wildman–Crippen MR) is 101 cm³/mol. The summed E-state index contributed by atoms with van der Waals surface area (Å²) in [6.07, 6.45) is 2.12. The molecule has 9 heteroatoms. The maximum atomic E-state index is 12.4. The molecule has 0 aliphatic carbocycles. The Labute approximate surface area is 166 Å². The van der Waals surface area contributed by atoms with Crippen molar-refractivity contribution in [2.45, 2.75) is 25.3 Å². The number of nitrogens with two attached hydrogens (primary N) is 1. The number of carbonyl (C=O) groups excluding carboxylic acids is 4. The van der Waals surface area contributed by atoms with E-state index in [9.17, 15) is 19.2 Å². The molecule has 1 unspecified atom stereocenters. The third-order valence-corrected chi connectivity index (χ3v) is 4.15. The van der Waals surface area contributed by atoms with Gasteiger partial charge >= 0.3 is 0 Å². The van der Waals surface area contributed by atoms with Crippen molar-refractivity contribution < 1.29 is 19.2 Å². The number of hydrogen-bond donors (Lipinski definition) is 3. The fraction of sp³-hybridized carbons (Fsp3) is 0.200. The molecule has 3 rings (SSSR count). The molecule has 2 aromatic rings. The number of aromatic nitrogens is 2. The van der Waals surface area contributed by atoms with Gasteiger partial charge in [0.1, 0.15) is 23.1 Å². The Bertz CT molecular complexity index is 1050. The highest BCUT2D eigenvalue weighted by Crippen LogP contribution is 2.07. The summed E-state index contributed by atoms with van der Waals surface area (Å²) in [4.78, 5) is 54.8. The first-order valence-electron chi connectivity index (χ1n) is 8.78. The number of hydrogen-bond acceptors (Lipinski definition) is 6. The second kappa shape index (κ2) is 8.75. The Morgan fingerprint density at radius 2 is 2.07 bits per heavy atom. The molecule has 3 heterocycles. The van der Waals surface area contributed by atoms with Gasteiger partial charge in [0.2, 0.25) is 11.8 Å². The van der Waals surface area contributed by atoms with Gasteiger partial charge in [-0.25, -0.2) is 4.98 Å². The summed E-state index contributed by atoms with van der Waals surface area (Å²) >= 11 is 0. The minimum Gasteiger partial charge on any atom is -0.364 e.